The van der Waals surface area contributed by atoms with E-state index in [1.807, 2.05) is 0 Å². The van der Waals surface area contributed by atoms with E-state index in [1.165, 1.54) is 0 Å². The Morgan fingerprint density at radius 3 is 2.42 bits per heavy atom. The monoisotopic (exact) mass is 198 g/mol. The molecule has 0 amide bonds. The van der Waals surface area contributed by atoms with Crippen molar-refractivity contribution in [1.82, 2.24) is 0 Å². The van der Waals surface area contributed by atoms with Crippen LogP contribution in [-0.2, 0) is 0 Å². The quantitative estimate of drug-likeness (QED) is 0.614. The lowest BCUT2D eigenvalue weighted by molar-refractivity contribution is -0.185. The average molecular weight is 198 g/mol. The third-order valence-electron chi connectivity index (χ3n) is 2.50. The van der Waals surface area contributed by atoms with Crippen LogP contribution in [0.2, 0.25) is 0 Å². The van der Waals surface area contributed by atoms with E-state index in [-0.39, 0.29) is 12.3 Å². The van der Waals surface area contributed by atoms with E-state index in [1.54, 1.807) is 0 Å². The van der Waals surface area contributed by atoms with E-state index in [4.69, 9.17) is 0 Å². The van der Waals surface area contributed by atoms with Gasteiger partial charge >= 0.3 is 6.18 Å². The highest BCUT2D eigenvalue weighted by atomic mass is 32.1. The fourth-order valence-electron chi connectivity index (χ4n) is 1.75. The molecule has 0 bridgehead atoms. The Labute approximate surface area is 75.9 Å². The highest BCUT2D eigenvalue weighted by molar-refractivity contribution is 7.80. The van der Waals surface area contributed by atoms with Gasteiger partial charge in [-0.2, -0.15) is 25.8 Å². The summed E-state index contributed by atoms with van der Waals surface area (Å²) in [6.07, 6.45) is -1.77. The summed E-state index contributed by atoms with van der Waals surface area (Å²) < 4.78 is 36.7. The molecule has 4 heteroatoms. The lowest BCUT2D eigenvalue weighted by Crippen LogP contribution is -2.29. The number of thiol groups is 1. The molecule has 0 aliphatic heterocycles. The van der Waals surface area contributed by atoms with Gasteiger partial charge in [0.05, 0.1) is 5.92 Å². The zero-order chi connectivity index (χ0) is 9.19. The molecule has 12 heavy (non-hydrogen) atoms. The van der Waals surface area contributed by atoms with Gasteiger partial charge < -0.3 is 0 Å². The lowest BCUT2D eigenvalue weighted by atomic mass is 9.82. The summed E-state index contributed by atoms with van der Waals surface area (Å²) in [5.74, 6) is -0.302. The van der Waals surface area contributed by atoms with Gasteiger partial charge in [-0.05, 0) is 30.9 Å². The summed E-state index contributed by atoms with van der Waals surface area (Å²) in [6.45, 7) is 0. The summed E-state index contributed by atoms with van der Waals surface area (Å²) in [4.78, 5) is 0. The Bertz CT molecular complexity index is 144. The van der Waals surface area contributed by atoms with Crippen molar-refractivity contribution < 1.29 is 13.2 Å². The predicted octanol–water partition coefficient (Wildman–Crippen LogP) is 3.28. The largest absolute Gasteiger partial charge is 0.391 e. The summed E-state index contributed by atoms with van der Waals surface area (Å²) in [7, 11) is 0. The minimum Gasteiger partial charge on any atom is -0.179 e. The molecule has 1 fully saturated rings. The molecule has 72 valence electrons. The first-order valence-electron chi connectivity index (χ1n) is 4.21. The molecule has 0 radical (unpaired) electrons. The fraction of sp³-hybridized carbons (Fsp3) is 1.00. The molecule has 2 atom stereocenters. The first kappa shape index (κ1) is 10.2. The standard InChI is InChI=1S/C8H13F3S/c9-8(10,11)7-3-1-2-6(4-7)5-12/h6-7,12H,1-5H2. The van der Waals surface area contributed by atoms with Gasteiger partial charge in [-0.15, -0.1) is 0 Å². The maximum absolute atomic E-state index is 12.2. The van der Waals surface area contributed by atoms with Crippen molar-refractivity contribution in [2.45, 2.75) is 31.9 Å². The second-order valence-electron chi connectivity index (χ2n) is 3.45. The first-order chi connectivity index (χ1) is 5.54. The molecule has 0 heterocycles. The van der Waals surface area contributed by atoms with Gasteiger partial charge in [-0.3, -0.25) is 0 Å². The van der Waals surface area contributed by atoms with Gasteiger partial charge in [0.25, 0.3) is 0 Å². The SMILES string of the molecule is FC(F)(F)C1CCCC(CS)C1. The van der Waals surface area contributed by atoms with Gasteiger partial charge in [0, 0.05) is 0 Å². The average Bonchev–Trinajstić information content (AvgIpc) is 2.03. The molecule has 2 unspecified atom stereocenters. The van der Waals surface area contributed by atoms with Crippen LogP contribution in [0.3, 0.4) is 0 Å². The molecule has 0 N–H and O–H groups in total. The molecule has 0 nitrogen and oxygen atoms in total. The second-order valence-corrected chi connectivity index (χ2v) is 3.82. The zero-order valence-electron chi connectivity index (χ0n) is 6.77. The number of alkyl halides is 3. The van der Waals surface area contributed by atoms with Gasteiger partial charge in [-0.1, -0.05) is 6.42 Å². The van der Waals surface area contributed by atoms with Crippen LogP contribution >= 0.6 is 12.6 Å². The van der Waals surface area contributed by atoms with E-state index in [0.717, 1.165) is 6.42 Å². The second kappa shape index (κ2) is 3.90. The Hall–Kier alpha value is 0.140. The van der Waals surface area contributed by atoms with Crippen molar-refractivity contribution >= 4 is 12.6 Å². The Kier molecular flexibility index (Phi) is 3.32. The highest BCUT2D eigenvalue weighted by Gasteiger charge is 2.41. The smallest absolute Gasteiger partial charge is 0.179 e. The molecule has 0 aromatic heterocycles. The lowest BCUT2D eigenvalue weighted by Gasteiger charge is -2.29. The summed E-state index contributed by atoms with van der Waals surface area (Å²) >= 11 is 4.03. The molecule has 0 saturated heterocycles. The van der Waals surface area contributed by atoms with Crippen molar-refractivity contribution in [1.29, 1.82) is 0 Å². The molecule has 1 aliphatic rings. The number of hydrogen-bond donors (Lipinski definition) is 1. The fourth-order valence-corrected chi connectivity index (χ4v) is 2.09. The molecule has 1 rings (SSSR count). The minimum atomic E-state index is -3.98. The minimum absolute atomic E-state index is 0.175. The van der Waals surface area contributed by atoms with Crippen LogP contribution in [0, 0.1) is 11.8 Å². The van der Waals surface area contributed by atoms with E-state index < -0.39 is 12.1 Å². The highest BCUT2D eigenvalue weighted by Crippen LogP contribution is 2.39. The van der Waals surface area contributed by atoms with Crippen LogP contribution in [0.25, 0.3) is 0 Å². The van der Waals surface area contributed by atoms with Gasteiger partial charge in [-0.25, -0.2) is 0 Å². The van der Waals surface area contributed by atoms with Crippen molar-refractivity contribution in [3.63, 3.8) is 0 Å². The normalized spacial score (nSPS) is 32.0. The molecule has 1 aliphatic carbocycles. The predicted molar refractivity (Wildman–Crippen MR) is 45.4 cm³/mol. The summed E-state index contributed by atoms with van der Waals surface area (Å²) in [5, 5.41) is 0. The molecule has 1 saturated carbocycles. The van der Waals surface area contributed by atoms with Crippen LogP contribution in [0.4, 0.5) is 13.2 Å². The number of hydrogen-bond acceptors (Lipinski definition) is 1. The van der Waals surface area contributed by atoms with E-state index in [9.17, 15) is 13.2 Å². The Balaban J connectivity index is 2.46. The zero-order valence-corrected chi connectivity index (χ0v) is 7.67. The molecule has 0 aromatic carbocycles. The Morgan fingerprint density at radius 1 is 1.25 bits per heavy atom. The Morgan fingerprint density at radius 2 is 1.92 bits per heavy atom. The van der Waals surface area contributed by atoms with Crippen LogP contribution < -0.4 is 0 Å². The first-order valence-corrected chi connectivity index (χ1v) is 4.85. The maximum atomic E-state index is 12.2. The van der Waals surface area contributed by atoms with Crippen LogP contribution in [0.15, 0.2) is 0 Å². The van der Waals surface area contributed by atoms with Crippen molar-refractivity contribution in [2.75, 3.05) is 5.75 Å². The van der Waals surface area contributed by atoms with Crippen molar-refractivity contribution in [3.8, 4) is 0 Å². The van der Waals surface area contributed by atoms with Crippen molar-refractivity contribution in [2.24, 2.45) is 11.8 Å². The maximum Gasteiger partial charge on any atom is 0.391 e. The third kappa shape index (κ3) is 2.57. The molecular formula is C8H13F3S. The van der Waals surface area contributed by atoms with Gasteiger partial charge in [0.15, 0.2) is 0 Å². The molecule has 0 aromatic rings. The molecule has 0 spiro atoms. The van der Waals surface area contributed by atoms with Crippen LogP contribution in [0.1, 0.15) is 25.7 Å². The topological polar surface area (TPSA) is 0 Å². The summed E-state index contributed by atoms with van der Waals surface area (Å²) in [6, 6.07) is 0. The van der Waals surface area contributed by atoms with Crippen LogP contribution in [0.5, 0.6) is 0 Å². The van der Waals surface area contributed by atoms with Crippen LogP contribution in [-0.4, -0.2) is 11.9 Å². The van der Waals surface area contributed by atoms with E-state index >= 15 is 0 Å². The van der Waals surface area contributed by atoms with Gasteiger partial charge in [0.2, 0.25) is 0 Å². The third-order valence-corrected chi connectivity index (χ3v) is 3.02. The van der Waals surface area contributed by atoms with E-state index in [0.29, 0.717) is 18.6 Å². The van der Waals surface area contributed by atoms with Gasteiger partial charge in [0.1, 0.15) is 0 Å². The number of halogens is 3. The number of rotatable bonds is 1. The van der Waals surface area contributed by atoms with Crippen molar-refractivity contribution in [3.05, 3.63) is 0 Å². The molecular weight excluding hydrogens is 185 g/mol. The summed E-state index contributed by atoms with van der Waals surface area (Å²) in [5.41, 5.74) is 0. The van der Waals surface area contributed by atoms with E-state index in [2.05, 4.69) is 12.6 Å².